The lowest BCUT2D eigenvalue weighted by Crippen LogP contribution is -2.38. The highest BCUT2D eigenvalue weighted by molar-refractivity contribution is 7.92. The molecular formula is C13H27NO2S. The second-order valence-electron chi connectivity index (χ2n) is 5.32. The first-order chi connectivity index (χ1) is 7.99. The number of hydrogen-bond donors (Lipinski definition) is 1. The minimum absolute atomic E-state index is 0.134. The Morgan fingerprint density at radius 1 is 1.18 bits per heavy atom. The van der Waals surface area contributed by atoms with E-state index in [0.29, 0.717) is 17.7 Å². The summed E-state index contributed by atoms with van der Waals surface area (Å²) in [6.45, 7) is 8.26. The lowest BCUT2D eigenvalue weighted by atomic mass is 9.80. The number of hydrogen-bond acceptors (Lipinski definition) is 3. The van der Waals surface area contributed by atoms with Crippen LogP contribution in [0, 0.1) is 5.41 Å². The third-order valence-corrected chi connectivity index (χ3v) is 6.86. The van der Waals surface area contributed by atoms with Gasteiger partial charge in [0.25, 0.3) is 0 Å². The normalized spacial score (nSPS) is 24.1. The zero-order chi connectivity index (χ0) is 12.9. The Bertz CT molecular complexity index is 312. The molecule has 0 radical (unpaired) electrons. The van der Waals surface area contributed by atoms with E-state index in [0.717, 1.165) is 38.6 Å². The smallest absolute Gasteiger partial charge is 0.154 e. The summed E-state index contributed by atoms with van der Waals surface area (Å²) in [6, 6.07) is 0. The van der Waals surface area contributed by atoms with Gasteiger partial charge in [-0.15, -0.1) is 0 Å². The van der Waals surface area contributed by atoms with Gasteiger partial charge in [0.15, 0.2) is 9.84 Å². The molecule has 1 aliphatic heterocycles. The van der Waals surface area contributed by atoms with E-state index in [1.54, 1.807) is 0 Å². The van der Waals surface area contributed by atoms with Crippen LogP contribution in [0.4, 0.5) is 0 Å². The zero-order valence-electron chi connectivity index (χ0n) is 11.5. The Labute approximate surface area is 106 Å². The molecule has 0 aliphatic carbocycles. The molecule has 0 spiro atoms. The van der Waals surface area contributed by atoms with Crippen LogP contribution in [0.5, 0.6) is 0 Å². The maximum absolute atomic E-state index is 11.7. The minimum Gasteiger partial charge on any atom is -0.315 e. The molecule has 1 N–H and O–H groups in total. The first-order valence-corrected chi connectivity index (χ1v) is 8.63. The fraction of sp³-hybridized carbons (Fsp3) is 1.00. The van der Waals surface area contributed by atoms with Crippen molar-refractivity contribution in [2.24, 2.45) is 5.41 Å². The Morgan fingerprint density at radius 3 is 2.18 bits per heavy atom. The van der Waals surface area contributed by atoms with Crippen molar-refractivity contribution >= 4 is 9.84 Å². The van der Waals surface area contributed by atoms with Gasteiger partial charge in [-0.1, -0.05) is 20.8 Å². The van der Waals surface area contributed by atoms with Gasteiger partial charge < -0.3 is 5.32 Å². The largest absolute Gasteiger partial charge is 0.315 e. The van der Waals surface area contributed by atoms with Gasteiger partial charge in [-0.25, -0.2) is 8.42 Å². The average Bonchev–Trinajstić information content (AvgIpc) is 2.65. The van der Waals surface area contributed by atoms with E-state index in [1.807, 2.05) is 0 Å². The molecule has 1 heterocycles. The van der Waals surface area contributed by atoms with E-state index in [-0.39, 0.29) is 5.25 Å². The van der Waals surface area contributed by atoms with Gasteiger partial charge in [-0.2, -0.15) is 0 Å². The lowest BCUT2D eigenvalue weighted by molar-refractivity contribution is 0.238. The van der Waals surface area contributed by atoms with Crippen molar-refractivity contribution in [1.29, 1.82) is 0 Å². The van der Waals surface area contributed by atoms with E-state index in [4.69, 9.17) is 0 Å². The molecule has 3 nitrogen and oxygen atoms in total. The summed E-state index contributed by atoms with van der Waals surface area (Å²) >= 11 is 0. The lowest BCUT2D eigenvalue weighted by Gasteiger charge is -2.31. The molecule has 1 fully saturated rings. The Morgan fingerprint density at radius 2 is 1.76 bits per heavy atom. The van der Waals surface area contributed by atoms with Crippen LogP contribution in [-0.2, 0) is 9.84 Å². The summed E-state index contributed by atoms with van der Waals surface area (Å²) in [5.74, 6) is 0.389. The van der Waals surface area contributed by atoms with Gasteiger partial charge in [-0.3, -0.25) is 0 Å². The van der Waals surface area contributed by atoms with Crippen molar-refractivity contribution in [3.8, 4) is 0 Å². The van der Waals surface area contributed by atoms with Gasteiger partial charge in [0.05, 0.1) is 11.0 Å². The summed E-state index contributed by atoms with van der Waals surface area (Å²) in [5.41, 5.74) is 0.350. The summed E-state index contributed by atoms with van der Waals surface area (Å²) in [5, 5.41) is 3.26. The van der Waals surface area contributed by atoms with Crippen molar-refractivity contribution in [2.45, 2.75) is 58.1 Å². The zero-order valence-corrected chi connectivity index (χ0v) is 12.3. The number of nitrogens with one attached hydrogen (secondary N) is 1. The van der Waals surface area contributed by atoms with Crippen molar-refractivity contribution in [1.82, 2.24) is 5.32 Å². The molecule has 102 valence electrons. The van der Waals surface area contributed by atoms with Crippen LogP contribution in [0.25, 0.3) is 0 Å². The summed E-state index contributed by atoms with van der Waals surface area (Å²) in [6.07, 6.45) is 5.15. The highest BCUT2D eigenvalue weighted by Gasteiger charge is 2.31. The van der Waals surface area contributed by atoms with Crippen molar-refractivity contribution in [2.75, 3.05) is 18.8 Å². The molecule has 0 saturated carbocycles. The van der Waals surface area contributed by atoms with Crippen molar-refractivity contribution in [3.05, 3.63) is 0 Å². The second-order valence-corrected chi connectivity index (χ2v) is 7.72. The van der Waals surface area contributed by atoms with E-state index < -0.39 is 9.84 Å². The molecule has 1 aliphatic rings. The standard InChI is InChI=1S/C13H27NO2S/c1-4-13(5-2,6-3)11-14-10-12-8-7-9-17(12,15)16/h12,14H,4-11H2,1-3H3/t12-/m0/s1. The molecule has 0 aromatic rings. The Balaban J connectivity index is 2.42. The molecule has 1 rings (SSSR count). The van der Waals surface area contributed by atoms with Crippen LogP contribution in [0.2, 0.25) is 0 Å². The maximum atomic E-state index is 11.7. The second kappa shape index (κ2) is 6.19. The van der Waals surface area contributed by atoms with Crippen LogP contribution in [0.15, 0.2) is 0 Å². The van der Waals surface area contributed by atoms with Crippen molar-refractivity contribution < 1.29 is 8.42 Å². The Hall–Kier alpha value is -0.0900. The van der Waals surface area contributed by atoms with Crippen molar-refractivity contribution in [3.63, 3.8) is 0 Å². The summed E-state index contributed by atoms with van der Waals surface area (Å²) in [4.78, 5) is 0. The molecule has 17 heavy (non-hydrogen) atoms. The number of rotatable bonds is 7. The van der Waals surface area contributed by atoms with Gasteiger partial charge >= 0.3 is 0 Å². The fourth-order valence-electron chi connectivity index (χ4n) is 2.71. The van der Waals surface area contributed by atoms with Gasteiger partial charge in [-0.05, 0) is 37.5 Å². The van der Waals surface area contributed by atoms with Crippen LogP contribution >= 0.6 is 0 Å². The van der Waals surface area contributed by atoms with E-state index >= 15 is 0 Å². The molecule has 0 unspecified atom stereocenters. The molecule has 0 amide bonds. The third kappa shape index (κ3) is 3.68. The third-order valence-electron chi connectivity index (χ3n) is 4.58. The average molecular weight is 261 g/mol. The number of sulfone groups is 1. The molecule has 4 heteroatoms. The molecule has 1 saturated heterocycles. The predicted octanol–water partition coefficient (Wildman–Crippen LogP) is 2.37. The quantitative estimate of drug-likeness (QED) is 0.765. The minimum atomic E-state index is -2.79. The molecule has 0 aromatic carbocycles. The van der Waals surface area contributed by atoms with Gasteiger partial charge in [0, 0.05) is 13.1 Å². The molecule has 0 bridgehead atoms. The highest BCUT2D eigenvalue weighted by atomic mass is 32.2. The monoisotopic (exact) mass is 261 g/mol. The van der Waals surface area contributed by atoms with Gasteiger partial charge in [0.1, 0.15) is 0 Å². The van der Waals surface area contributed by atoms with E-state index in [9.17, 15) is 8.42 Å². The first kappa shape index (κ1) is 15.0. The van der Waals surface area contributed by atoms with E-state index in [1.165, 1.54) is 0 Å². The summed E-state index contributed by atoms with van der Waals surface area (Å²) < 4.78 is 23.4. The van der Waals surface area contributed by atoms with Crippen LogP contribution in [0.3, 0.4) is 0 Å². The topological polar surface area (TPSA) is 46.2 Å². The van der Waals surface area contributed by atoms with Crippen LogP contribution in [0.1, 0.15) is 52.9 Å². The Kier molecular flexibility index (Phi) is 5.45. The highest BCUT2D eigenvalue weighted by Crippen LogP contribution is 2.29. The van der Waals surface area contributed by atoms with Crippen LogP contribution < -0.4 is 5.32 Å². The van der Waals surface area contributed by atoms with Gasteiger partial charge in [0.2, 0.25) is 0 Å². The predicted molar refractivity (Wildman–Crippen MR) is 73.0 cm³/mol. The molecular weight excluding hydrogens is 234 g/mol. The van der Waals surface area contributed by atoms with E-state index in [2.05, 4.69) is 26.1 Å². The SMILES string of the molecule is CCC(CC)(CC)CNC[C@@H]1CCCS1(=O)=O. The maximum Gasteiger partial charge on any atom is 0.154 e. The molecule has 1 atom stereocenters. The summed E-state index contributed by atoms with van der Waals surface area (Å²) in [7, 11) is -2.79. The van der Waals surface area contributed by atoms with Crippen LogP contribution in [-0.4, -0.2) is 32.5 Å². The molecule has 0 aromatic heterocycles. The fourth-order valence-corrected chi connectivity index (χ4v) is 4.51. The first-order valence-electron chi connectivity index (χ1n) is 6.92.